The quantitative estimate of drug-likeness (QED) is 0.408. The number of nitrogen functional groups attached to an aromatic ring is 1. The summed E-state index contributed by atoms with van der Waals surface area (Å²) in [6.45, 7) is 0. The van der Waals surface area contributed by atoms with E-state index in [1.54, 1.807) is 24.3 Å². The van der Waals surface area contributed by atoms with Crippen LogP contribution in [0.25, 0.3) is 0 Å². The minimum absolute atomic E-state index is 0.0523. The molecule has 1 amide bonds. The van der Waals surface area contributed by atoms with Crippen molar-refractivity contribution in [2.45, 2.75) is 5.16 Å². The van der Waals surface area contributed by atoms with E-state index in [1.165, 1.54) is 11.7 Å². The SMILES string of the molecule is Cn1[nH]c(=O)c(=O)nc1SCC(=O)Nc1ccc(N)cc1. The summed E-state index contributed by atoms with van der Waals surface area (Å²) in [6.07, 6.45) is 0. The van der Waals surface area contributed by atoms with Crippen molar-refractivity contribution in [3.8, 4) is 0 Å². The first-order chi connectivity index (χ1) is 9.95. The third-order valence-electron chi connectivity index (χ3n) is 2.47. The van der Waals surface area contributed by atoms with Crippen LogP contribution in [0.1, 0.15) is 0 Å². The number of benzene rings is 1. The van der Waals surface area contributed by atoms with Gasteiger partial charge in [-0.3, -0.25) is 24.2 Å². The molecule has 0 aliphatic heterocycles. The molecule has 0 atom stereocenters. The molecule has 21 heavy (non-hydrogen) atoms. The predicted molar refractivity (Wildman–Crippen MR) is 80.3 cm³/mol. The summed E-state index contributed by atoms with van der Waals surface area (Å²) in [5.74, 6) is -0.207. The number of nitrogens with one attached hydrogen (secondary N) is 2. The van der Waals surface area contributed by atoms with E-state index in [0.717, 1.165) is 11.8 Å². The highest BCUT2D eigenvalue weighted by Gasteiger charge is 2.08. The number of H-pyrrole nitrogens is 1. The molecule has 0 fully saturated rings. The molecule has 1 aromatic carbocycles. The van der Waals surface area contributed by atoms with Crippen LogP contribution < -0.4 is 22.2 Å². The lowest BCUT2D eigenvalue weighted by molar-refractivity contribution is -0.113. The van der Waals surface area contributed by atoms with E-state index >= 15 is 0 Å². The van der Waals surface area contributed by atoms with Gasteiger partial charge >= 0.3 is 11.1 Å². The van der Waals surface area contributed by atoms with Crippen LogP contribution in [0.5, 0.6) is 0 Å². The highest BCUT2D eigenvalue weighted by atomic mass is 32.2. The smallest absolute Gasteiger partial charge is 0.339 e. The average Bonchev–Trinajstić information content (AvgIpc) is 2.44. The van der Waals surface area contributed by atoms with Crippen molar-refractivity contribution >= 4 is 29.0 Å². The number of amides is 1. The first kappa shape index (κ1) is 14.9. The normalized spacial score (nSPS) is 10.3. The predicted octanol–water partition coefficient (Wildman–Crippen LogP) is -0.218. The number of nitrogens with zero attached hydrogens (tertiary/aromatic N) is 2. The molecule has 0 aliphatic rings. The second kappa shape index (κ2) is 6.27. The summed E-state index contributed by atoms with van der Waals surface area (Å²) >= 11 is 1.05. The second-order valence-electron chi connectivity index (χ2n) is 4.16. The molecule has 0 saturated heterocycles. The maximum Gasteiger partial charge on any atom is 0.339 e. The van der Waals surface area contributed by atoms with Gasteiger partial charge in [0.2, 0.25) is 5.91 Å². The second-order valence-corrected chi connectivity index (χ2v) is 5.10. The van der Waals surface area contributed by atoms with E-state index in [2.05, 4.69) is 15.4 Å². The molecule has 8 nitrogen and oxygen atoms in total. The highest BCUT2D eigenvalue weighted by Crippen LogP contribution is 2.14. The molecule has 2 aromatic rings. The number of nitrogens with two attached hydrogens (primary N) is 1. The fourth-order valence-electron chi connectivity index (χ4n) is 1.48. The Hall–Kier alpha value is -2.55. The van der Waals surface area contributed by atoms with E-state index in [4.69, 9.17) is 5.73 Å². The molecule has 0 spiro atoms. The van der Waals surface area contributed by atoms with Crippen molar-refractivity contribution in [1.82, 2.24) is 14.8 Å². The van der Waals surface area contributed by atoms with Gasteiger partial charge in [-0.05, 0) is 24.3 Å². The average molecular weight is 307 g/mol. The molecule has 0 aliphatic carbocycles. The van der Waals surface area contributed by atoms with Crippen LogP contribution in [-0.4, -0.2) is 26.4 Å². The van der Waals surface area contributed by atoms with Crippen molar-refractivity contribution < 1.29 is 4.79 Å². The Kier molecular flexibility index (Phi) is 4.43. The van der Waals surface area contributed by atoms with Gasteiger partial charge in [-0.2, -0.15) is 4.98 Å². The lowest BCUT2D eigenvalue weighted by atomic mass is 10.3. The van der Waals surface area contributed by atoms with Crippen LogP contribution in [0.4, 0.5) is 11.4 Å². The molecule has 0 bridgehead atoms. The molecule has 4 N–H and O–H groups in total. The molecule has 0 saturated carbocycles. The Morgan fingerprint density at radius 2 is 2.05 bits per heavy atom. The summed E-state index contributed by atoms with van der Waals surface area (Å²) in [4.78, 5) is 37.6. The number of thioether (sulfide) groups is 1. The number of anilines is 2. The molecule has 9 heteroatoms. The number of carbonyl (C=O) groups is 1. The maximum absolute atomic E-state index is 11.8. The van der Waals surface area contributed by atoms with Gasteiger partial charge in [0.15, 0.2) is 5.16 Å². The van der Waals surface area contributed by atoms with E-state index in [9.17, 15) is 14.4 Å². The van der Waals surface area contributed by atoms with Crippen molar-refractivity contribution in [1.29, 1.82) is 0 Å². The van der Waals surface area contributed by atoms with Crippen molar-refractivity contribution in [2.24, 2.45) is 7.05 Å². The highest BCUT2D eigenvalue weighted by molar-refractivity contribution is 7.99. The van der Waals surface area contributed by atoms with Gasteiger partial charge in [-0.15, -0.1) is 0 Å². The Bertz CT molecular complexity index is 766. The van der Waals surface area contributed by atoms with Crippen LogP contribution in [-0.2, 0) is 11.8 Å². The lowest BCUT2D eigenvalue weighted by Gasteiger charge is -2.07. The number of aromatic nitrogens is 3. The molecule has 1 aromatic heterocycles. The fraction of sp³-hybridized carbons (Fsp3) is 0.167. The lowest BCUT2D eigenvalue weighted by Crippen LogP contribution is -2.34. The molecular formula is C12H13N5O3S. The number of hydrogen-bond donors (Lipinski definition) is 3. The van der Waals surface area contributed by atoms with Crippen LogP contribution in [0.3, 0.4) is 0 Å². The third kappa shape index (κ3) is 3.96. The summed E-state index contributed by atoms with van der Waals surface area (Å²) in [7, 11) is 1.54. The van der Waals surface area contributed by atoms with Crippen LogP contribution in [0.15, 0.2) is 39.0 Å². The summed E-state index contributed by atoms with van der Waals surface area (Å²) in [5.41, 5.74) is 5.10. The Morgan fingerprint density at radius 1 is 1.38 bits per heavy atom. The van der Waals surface area contributed by atoms with Crippen LogP contribution in [0, 0.1) is 0 Å². The van der Waals surface area contributed by atoms with Crippen molar-refractivity contribution in [3.63, 3.8) is 0 Å². The number of rotatable bonds is 4. The van der Waals surface area contributed by atoms with E-state index in [1.807, 2.05) is 0 Å². The molecule has 0 radical (unpaired) electrons. The number of aromatic amines is 1. The van der Waals surface area contributed by atoms with E-state index in [0.29, 0.717) is 11.4 Å². The topological polar surface area (TPSA) is 123 Å². The minimum atomic E-state index is -0.880. The zero-order chi connectivity index (χ0) is 15.4. The van der Waals surface area contributed by atoms with Crippen LogP contribution >= 0.6 is 11.8 Å². The van der Waals surface area contributed by atoms with E-state index < -0.39 is 11.1 Å². The molecule has 1 heterocycles. The third-order valence-corrected chi connectivity index (χ3v) is 3.50. The van der Waals surface area contributed by atoms with Gasteiger partial charge in [0.1, 0.15) is 0 Å². The largest absolute Gasteiger partial charge is 0.399 e. The Morgan fingerprint density at radius 3 is 2.71 bits per heavy atom. The summed E-state index contributed by atoms with van der Waals surface area (Å²) < 4.78 is 1.30. The number of hydrogen-bond acceptors (Lipinski definition) is 6. The van der Waals surface area contributed by atoms with Gasteiger partial charge in [-0.1, -0.05) is 11.8 Å². The van der Waals surface area contributed by atoms with Gasteiger partial charge in [0.05, 0.1) is 5.75 Å². The zero-order valence-electron chi connectivity index (χ0n) is 11.1. The van der Waals surface area contributed by atoms with Crippen LogP contribution in [0.2, 0.25) is 0 Å². The Labute approximate surface area is 123 Å². The summed E-state index contributed by atoms with van der Waals surface area (Å²) in [5, 5.41) is 5.25. The van der Waals surface area contributed by atoms with Crippen molar-refractivity contribution in [3.05, 3.63) is 45.0 Å². The fourth-order valence-corrected chi connectivity index (χ4v) is 2.20. The van der Waals surface area contributed by atoms with Crippen molar-refractivity contribution in [2.75, 3.05) is 16.8 Å². The first-order valence-corrected chi connectivity index (χ1v) is 6.90. The molecule has 110 valence electrons. The summed E-state index contributed by atoms with van der Waals surface area (Å²) in [6, 6.07) is 6.73. The monoisotopic (exact) mass is 307 g/mol. The van der Waals surface area contributed by atoms with E-state index in [-0.39, 0.29) is 16.8 Å². The van der Waals surface area contributed by atoms with Gasteiger partial charge in [0.25, 0.3) is 0 Å². The molecular weight excluding hydrogens is 294 g/mol. The molecule has 2 rings (SSSR count). The van der Waals surface area contributed by atoms with Gasteiger partial charge in [-0.25, -0.2) is 0 Å². The van der Waals surface area contributed by atoms with Gasteiger partial charge in [0, 0.05) is 18.4 Å². The number of aryl methyl sites for hydroxylation is 1. The maximum atomic E-state index is 11.8. The number of carbonyl (C=O) groups excluding carboxylic acids is 1. The van der Waals surface area contributed by atoms with Gasteiger partial charge < -0.3 is 11.1 Å². The zero-order valence-corrected chi connectivity index (χ0v) is 11.9. The Balaban J connectivity index is 1.98. The molecule has 0 unspecified atom stereocenters. The standard InChI is InChI=1S/C12H13N5O3S/c1-17-12(15-10(19)11(20)16-17)21-6-9(18)14-8-4-2-7(13)3-5-8/h2-5H,6,13H2,1H3,(H,14,18)(H,16,20). The first-order valence-electron chi connectivity index (χ1n) is 5.91. The minimum Gasteiger partial charge on any atom is -0.399 e.